The predicted octanol–water partition coefficient (Wildman–Crippen LogP) is 3.04. The number of phenolic OH excluding ortho intramolecular Hbond substituents is 1. The fraction of sp³-hybridized carbons (Fsp3) is 0.364. The van der Waals surface area contributed by atoms with Crippen molar-refractivity contribution in [3.05, 3.63) is 64.2 Å². The number of aromatic hydroxyl groups is 1. The molecule has 0 aliphatic carbocycles. The molecule has 2 aromatic rings. The van der Waals surface area contributed by atoms with Crippen molar-refractivity contribution >= 4 is 35.8 Å². The molecule has 0 bridgehead atoms. The Bertz CT molecular complexity index is 893. The van der Waals surface area contributed by atoms with Crippen molar-refractivity contribution in [2.24, 2.45) is 0 Å². The van der Waals surface area contributed by atoms with Gasteiger partial charge in [-0.15, -0.1) is 12.4 Å². The molecule has 1 saturated heterocycles. The van der Waals surface area contributed by atoms with Gasteiger partial charge in [0.2, 0.25) is 11.8 Å². The van der Waals surface area contributed by atoms with Crippen molar-refractivity contribution in [3.63, 3.8) is 0 Å². The Morgan fingerprint density at radius 3 is 2.67 bits per heavy atom. The summed E-state index contributed by atoms with van der Waals surface area (Å²) >= 11 is 6.01. The maximum absolute atomic E-state index is 12.5. The van der Waals surface area contributed by atoms with Crippen LogP contribution < -0.4 is 16.0 Å². The van der Waals surface area contributed by atoms with Crippen LogP contribution in [0.2, 0.25) is 5.02 Å². The fourth-order valence-electron chi connectivity index (χ4n) is 3.57. The van der Waals surface area contributed by atoms with E-state index in [1.165, 1.54) is 5.56 Å². The molecule has 3 atom stereocenters. The van der Waals surface area contributed by atoms with Crippen molar-refractivity contribution in [2.45, 2.75) is 44.8 Å². The number of rotatable bonds is 6. The molecule has 162 valence electrons. The van der Waals surface area contributed by atoms with Gasteiger partial charge in [-0.25, -0.2) is 0 Å². The molecule has 6 nitrogen and oxygen atoms in total. The van der Waals surface area contributed by atoms with Gasteiger partial charge in [0, 0.05) is 23.7 Å². The molecule has 1 aliphatic heterocycles. The number of halogens is 2. The molecule has 1 aliphatic rings. The van der Waals surface area contributed by atoms with Gasteiger partial charge in [-0.3, -0.25) is 9.59 Å². The van der Waals surface area contributed by atoms with Crippen LogP contribution in [0.4, 0.5) is 0 Å². The number of aryl methyl sites for hydroxylation is 1. The van der Waals surface area contributed by atoms with E-state index in [0.717, 1.165) is 6.54 Å². The smallest absolute Gasteiger partial charge is 0.242 e. The van der Waals surface area contributed by atoms with Gasteiger partial charge in [-0.2, -0.15) is 0 Å². The van der Waals surface area contributed by atoms with Crippen LogP contribution in [-0.4, -0.2) is 35.5 Å². The first-order chi connectivity index (χ1) is 13.8. The van der Waals surface area contributed by atoms with Gasteiger partial charge in [0.1, 0.15) is 11.8 Å². The quantitative estimate of drug-likeness (QED) is 0.543. The number of hydrogen-bond acceptors (Lipinski definition) is 4. The van der Waals surface area contributed by atoms with E-state index in [9.17, 15) is 14.7 Å². The first-order valence-corrected chi connectivity index (χ1v) is 10.1. The molecule has 1 fully saturated rings. The Balaban J connectivity index is 0.00000320. The highest BCUT2D eigenvalue weighted by Crippen LogP contribution is 2.27. The predicted molar refractivity (Wildman–Crippen MR) is 120 cm³/mol. The zero-order chi connectivity index (χ0) is 21.0. The Morgan fingerprint density at radius 1 is 1.27 bits per heavy atom. The van der Waals surface area contributed by atoms with E-state index in [4.69, 9.17) is 11.6 Å². The summed E-state index contributed by atoms with van der Waals surface area (Å²) in [6.07, 6.45) is 0.694. The average molecular weight is 452 g/mol. The topological polar surface area (TPSA) is 90.5 Å². The molecule has 2 aromatic carbocycles. The van der Waals surface area contributed by atoms with Crippen molar-refractivity contribution in [3.8, 4) is 5.75 Å². The molecule has 0 spiro atoms. The number of benzene rings is 2. The molecule has 30 heavy (non-hydrogen) atoms. The zero-order valence-electron chi connectivity index (χ0n) is 16.9. The Hall–Kier alpha value is -2.28. The number of nitrogens with one attached hydrogen (secondary N) is 3. The lowest BCUT2D eigenvalue weighted by atomic mass is 9.96. The summed E-state index contributed by atoms with van der Waals surface area (Å²) in [7, 11) is 0. The van der Waals surface area contributed by atoms with Gasteiger partial charge >= 0.3 is 0 Å². The third-order valence-electron chi connectivity index (χ3n) is 5.27. The number of carbonyl (C=O) groups excluding carboxylic acids is 2. The molecular formula is C22H27Cl2N3O3. The minimum atomic E-state index is -0.692. The molecule has 4 N–H and O–H groups in total. The minimum absolute atomic E-state index is 0. The molecule has 0 radical (unpaired) electrons. The Labute approximate surface area is 187 Å². The molecule has 8 heteroatoms. The second-order valence-corrected chi connectivity index (χ2v) is 7.92. The first-order valence-electron chi connectivity index (χ1n) is 9.69. The summed E-state index contributed by atoms with van der Waals surface area (Å²) < 4.78 is 0. The van der Waals surface area contributed by atoms with Crippen LogP contribution in [0.15, 0.2) is 42.5 Å². The molecule has 0 aromatic heterocycles. The normalized spacial score (nSPS) is 18.9. The van der Waals surface area contributed by atoms with Crippen LogP contribution in [0, 0.1) is 6.92 Å². The largest absolute Gasteiger partial charge is 0.507 e. The number of amides is 2. The molecule has 3 rings (SSSR count). The van der Waals surface area contributed by atoms with Crippen LogP contribution in [0.3, 0.4) is 0 Å². The highest BCUT2D eigenvalue weighted by Gasteiger charge is 2.31. The lowest BCUT2D eigenvalue weighted by molar-refractivity contribution is -0.129. The maximum Gasteiger partial charge on any atom is 0.242 e. The SMILES string of the molecule is Cc1cc(Cl)cc(CNC(=O)[C@H](C)NC(=O)[C@H]2C[C@H](c3ccccc3)CN2)c1O.Cl. The van der Waals surface area contributed by atoms with E-state index in [1.807, 2.05) is 18.2 Å². The van der Waals surface area contributed by atoms with Crippen LogP contribution in [0.1, 0.15) is 36.0 Å². The second kappa shape index (κ2) is 10.7. The van der Waals surface area contributed by atoms with E-state index in [-0.39, 0.29) is 48.5 Å². The molecular weight excluding hydrogens is 425 g/mol. The van der Waals surface area contributed by atoms with Gasteiger partial charge in [0.05, 0.1) is 6.04 Å². The van der Waals surface area contributed by atoms with Crippen molar-refractivity contribution in [2.75, 3.05) is 6.54 Å². The molecule has 2 amide bonds. The summed E-state index contributed by atoms with van der Waals surface area (Å²) in [5.74, 6) is -0.126. The number of phenols is 1. The lowest BCUT2D eigenvalue weighted by Crippen LogP contribution is -2.49. The highest BCUT2D eigenvalue weighted by atomic mass is 35.5. The van der Waals surface area contributed by atoms with Crippen LogP contribution in [0.25, 0.3) is 0 Å². The van der Waals surface area contributed by atoms with E-state index in [0.29, 0.717) is 22.6 Å². The van der Waals surface area contributed by atoms with Gasteiger partial charge in [-0.05, 0) is 49.4 Å². The number of carbonyl (C=O) groups is 2. The molecule has 1 heterocycles. The van der Waals surface area contributed by atoms with Crippen molar-refractivity contribution < 1.29 is 14.7 Å². The third kappa shape index (κ3) is 5.88. The van der Waals surface area contributed by atoms with Crippen LogP contribution in [-0.2, 0) is 16.1 Å². The first kappa shape index (κ1) is 24.0. The fourth-order valence-corrected chi connectivity index (χ4v) is 3.86. The van der Waals surface area contributed by atoms with Gasteiger partial charge in [0.25, 0.3) is 0 Å². The van der Waals surface area contributed by atoms with Gasteiger partial charge < -0.3 is 21.1 Å². The second-order valence-electron chi connectivity index (χ2n) is 7.48. The highest BCUT2D eigenvalue weighted by molar-refractivity contribution is 6.30. The van der Waals surface area contributed by atoms with Crippen LogP contribution >= 0.6 is 24.0 Å². The maximum atomic E-state index is 12.5. The van der Waals surface area contributed by atoms with E-state index in [2.05, 4.69) is 28.1 Å². The zero-order valence-corrected chi connectivity index (χ0v) is 18.5. The monoisotopic (exact) mass is 451 g/mol. The van der Waals surface area contributed by atoms with Crippen LogP contribution in [0.5, 0.6) is 5.75 Å². The molecule has 0 unspecified atom stereocenters. The summed E-state index contributed by atoms with van der Waals surface area (Å²) in [6.45, 7) is 4.24. The van der Waals surface area contributed by atoms with Gasteiger partial charge in [-0.1, -0.05) is 41.9 Å². The Morgan fingerprint density at radius 2 is 1.97 bits per heavy atom. The summed E-state index contributed by atoms with van der Waals surface area (Å²) in [5.41, 5.74) is 2.38. The molecule has 0 saturated carbocycles. The standard InChI is InChI=1S/C22H26ClN3O3.ClH/c1-13-8-18(23)9-17(20(13)27)12-25-21(28)14(2)26-22(29)19-10-16(11-24-19)15-6-4-3-5-7-15;/h3-9,14,16,19,24,27H,10-12H2,1-2H3,(H,25,28)(H,26,29);1H/t14-,16-,19+;/m0./s1. The van der Waals surface area contributed by atoms with E-state index < -0.39 is 6.04 Å². The average Bonchev–Trinajstić information content (AvgIpc) is 3.20. The Kier molecular flexibility index (Phi) is 8.53. The minimum Gasteiger partial charge on any atom is -0.507 e. The lowest BCUT2D eigenvalue weighted by Gasteiger charge is -2.18. The van der Waals surface area contributed by atoms with Crippen molar-refractivity contribution in [1.82, 2.24) is 16.0 Å². The van der Waals surface area contributed by atoms with Crippen molar-refractivity contribution in [1.29, 1.82) is 0 Å². The third-order valence-corrected chi connectivity index (χ3v) is 5.49. The van der Waals surface area contributed by atoms with E-state index in [1.54, 1.807) is 26.0 Å². The van der Waals surface area contributed by atoms with E-state index >= 15 is 0 Å². The summed E-state index contributed by atoms with van der Waals surface area (Å²) in [4.78, 5) is 24.9. The van der Waals surface area contributed by atoms with Gasteiger partial charge in [0.15, 0.2) is 0 Å². The number of hydrogen-bond donors (Lipinski definition) is 4. The summed E-state index contributed by atoms with van der Waals surface area (Å²) in [6, 6.07) is 12.3. The summed E-state index contributed by atoms with van der Waals surface area (Å²) in [5, 5.41) is 19.3.